The summed E-state index contributed by atoms with van der Waals surface area (Å²) in [5.74, 6) is 0.768. The molecule has 1 aliphatic rings. The van der Waals surface area contributed by atoms with Crippen molar-refractivity contribution in [1.82, 2.24) is 9.88 Å². The summed E-state index contributed by atoms with van der Waals surface area (Å²) in [6.45, 7) is 3.66. The lowest BCUT2D eigenvalue weighted by atomic mass is 10.1. The highest BCUT2D eigenvalue weighted by atomic mass is 16.2. The Morgan fingerprint density at radius 2 is 2.05 bits per heavy atom. The monoisotopic (exact) mass is 254 g/mol. The molecule has 19 heavy (non-hydrogen) atoms. The molecule has 1 fully saturated rings. The molecule has 0 saturated heterocycles. The van der Waals surface area contributed by atoms with Gasteiger partial charge in [-0.25, -0.2) is 0 Å². The summed E-state index contributed by atoms with van der Waals surface area (Å²) in [5, 5.41) is 2.15. The molecule has 3 rings (SSSR count). The molecule has 0 radical (unpaired) electrons. The van der Waals surface area contributed by atoms with Gasteiger partial charge in [0.05, 0.1) is 0 Å². The SMILES string of the molecule is CCN(CC1CC1)C(=O)c1cc2ccccc2cn1. The fraction of sp³-hybridized carbons (Fsp3) is 0.375. The quantitative estimate of drug-likeness (QED) is 0.840. The van der Waals surface area contributed by atoms with Crippen LogP contribution >= 0.6 is 0 Å². The van der Waals surface area contributed by atoms with Gasteiger partial charge in [-0.05, 0) is 37.1 Å². The van der Waals surface area contributed by atoms with Crippen molar-refractivity contribution in [2.75, 3.05) is 13.1 Å². The van der Waals surface area contributed by atoms with Gasteiger partial charge in [-0.1, -0.05) is 24.3 Å². The number of carbonyl (C=O) groups is 1. The Morgan fingerprint density at radius 1 is 1.32 bits per heavy atom. The van der Waals surface area contributed by atoms with E-state index in [0.717, 1.165) is 23.9 Å². The van der Waals surface area contributed by atoms with E-state index in [4.69, 9.17) is 0 Å². The molecule has 0 bridgehead atoms. The highest BCUT2D eigenvalue weighted by Crippen LogP contribution is 2.30. The summed E-state index contributed by atoms with van der Waals surface area (Å²) in [6, 6.07) is 9.89. The molecule has 1 saturated carbocycles. The van der Waals surface area contributed by atoms with Crippen molar-refractivity contribution in [3.8, 4) is 0 Å². The van der Waals surface area contributed by atoms with Gasteiger partial charge in [-0.2, -0.15) is 0 Å². The number of fused-ring (bicyclic) bond motifs is 1. The van der Waals surface area contributed by atoms with Crippen molar-refractivity contribution < 1.29 is 4.79 Å². The van der Waals surface area contributed by atoms with Gasteiger partial charge in [-0.3, -0.25) is 9.78 Å². The molecule has 1 heterocycles. The lowest BCUT2D eigenvalue weighted by Crippen LogP contribution is -2.33. The van der Waals surface area contributed by atoms with Crippen molar-refractivity contribution in [2.24, 2.45) is 5.92 Å². The minimum Gasteiger partial charge on any atom is -0.337 e. The molecule has 98 valence electrons. The molecule has 3 heteroatoms. The Bertz CT molecular complexity index is 604. The summed E-state index contributed by atoms with van der Waals surface area (Å²) in [6.07, 6.45) is 4.30. The third-order valence-electron chi connectivity index (χ3n) is 3.69. The van der Waals surface area contributed by atoms with E-state index in [9.17, 15) is 4.79 Å². The van der Waals surface area contributed by atoms with Crippen LogP contribution in [-0.4, -0.2) is 28.9 Å². The van der Waals surface area contributed by atoms with Crippen LogP contribution in [0.15, 0.2) is 36.5 Å². The zero-order valence-electron chi connectivity index (χ0n) is 11.2. The fourth-order valence-electron chi connectivity index (χ4n) is 2.33. The number of aromatic nitrogens is 1. The number of benzene rings is 1. The Hall–Kier alpha value is -1.90. The highest BCUT2D eigenvalue weighted by molar-refractivity contribution is 5.96. The summed E-state index contributed by atoms with van der Waals surface area (Å²) >= 11 is 0. The Morgan fingerprint density at radius 3 is 2.74 bits per heavy atom. The van der Waals surface area contributed by atoms with E-state index < -0.39 is 0 Å². The number of hydrogen-bond donors (Lipinski definition) is 0. The molecule has 0 aliphatic heterocycles. The molecule has 0 N–H and O–H groups in total. The average Bonchev–Trinajstić information content (AvgIpc) is 3.27. The Balaban J connectivity index is 1.86. The van der Waals surface area contributed by atoms with Gasteiger partial charge in [0.15, 0.2) is 0 Å². The van der Waals surface area contributed by atoms with Crippen LogP contribution in [0.5, 0.6) is 0 Å². The van der Waals surface area contributed by atoms with Crippen LogP contribution in [0.3, 0.4) is 0 Å². The lowest BCUT2D eigenvalue weighted by Gasteiger charge is -2.20. The second-order valence-electron chi connectivity index (χ2n) is 5.20. The smallest absolute Gasteiger partial charge is 0.272 e. The van der Waals surface area contributed by atoms with Crippen LogP contribution in [0.4, 0.5) is 0 Å². The van der Waals surface area contributed by atoms with Gasteiger partial charge in [0.1, 0.15) is 5.69 Å². The first kappa shape index (κ1) is 12.2. The second kappa shape index (κ2) is 5.00. The van der Waals surface area contributed by atoms with E-state index in [2.05, 4.69) is 4.98 Å². The minimum atomic E-state index is 0.0557. The van der Waals surface area contributed by atoms with Gasteiger partial charge in [0.2, 0.25) is 0 Å². The van der Waals surface area contributed by atoms with Gasteiger partial charge < -0.3 is 4.90 Å². The number of nitrogens with zero attached hydrogens (tertiary/aromatic N) is 2. The van der Waals surface area contributed by atoms with Crippen LogP contribution in [0.1, 0.15) is 30.3 Å². The van der Waals surface area contributed by atoms with Crippen LogP contribution in [0.25, 0.3) is 10.8 Å². The molecule has 3 nitrogen and oxygen atoms in total. The van der Waals surface area contributed by atoms with E-state index in [1.165, 1.54) is 12.8 Å². The van der Waals surface area contributed by atoms with E-state index >= 15 is 0 Å². The highest BCUT2D eigenvalue weighted by Gasteiger charge is 2.26. The molecule has 0 atom stereocenters. The van der Waals surface area contributed by atoms with Crippen molar-refractivity contribution in [1.29, 1.82) is 0 Å². The topological polar surface area (TPSA) is 33.2 Å². The van der Waals surface area contributed by atoms with E-state index in [1.807, 2.05) is 42.2 Å². The Kier molecular flexibility index (Phi) is 3.20. The first-order valence-electron chi connectivity index (χ1n) is 6.92. The number of pyridine rings is 1. The fourth-order valence-corrected chi connectivity index (χ4v) is 2.33. The van der Waals surface area contributed by atoms with E-state index in [-0.39, 0.29) is 5.91 Å². The van der Waals surface area contributed by atoms with Crippen LogP contribution in [0, 0.1) is 5.92 Å². The zero-order chi connectivity index (χ0) is 13.2. The number of hydrogen-bond acceptors (Lipinski definition) is 2. The van der Waals surface area contributed by atoms with Gasteiger partial charge >= 0.3 is 0 Å². The van der Waals surface area contributed by atoms with Crippen molar-refractivity contribution in [2.45, 2.75) is 19.8 Å². The van der Waals surface area contributed by atoms with E-state index in [1.54, 1.807) is 6.20 Å². The van der Waals surface area contributed by atoms with Crippen LogP contribution in [0.2, 0.25) is 0 Å². The lowest BCUT2D eigenvalue weighted by molar-refractivity contribution is 0.0751. The maximum absolute atomic E-state index is 12.4. The first-order valence-corrected chi connectivity index (χ1v) is 6.92. The van der Waals surface area contributed by atoms with Crippen molar-refractivity contribution >= 4 is 16.7 Å². The number of amides is 1. The summed E-state index contributed by atoms with van der Waals surface area (Å²) in [4.78, 5) is 18.7. The molecule has 1 aromatic heterocycles. The number of rotatable bonds is 4. The van der Waals surface area contributed by atoms with Crippen LogP contribution < -0.4 is 0 Å². The van der Waals surface area contributed by atoms with Gasteiger partial charge in [0.25, 0.3) is 5.91 Å². The van der Waals surface area contributed by atoms with Crippen molar-refractivity contribution in [3.05, 3.63) is 42.2 Å². The molecule has 1 aromatic carbocycles. The minimum absolute atomic E-state index is 0.0557. The molecule has 0 spiro atoms. The first-order chi connectivity index (χ1) is 9.28. The van der Waals surface area contributed by atoms with E-state index in [0.29, 0.717) is 11.6 Å². The molecule has 0 unspecified atom stereocenters. The maximum Gasteiger partial charge on any atom is 0.272 e. The molecule has 1 amide bonds. The van der Waals surface area contributed by atoms with Gasteiger partial charge in [-0.15, -0.1) is 0 Å². The van der Waals surface area contributed by atoms with Gasteiger partial charge in [0, 0.05) is 24.7 Å². The number of carbonyl (C=O) groups excluding carboxylic acids is 1. The average molecular weight is 254 g/mol. The predicted molar refractivity (Wildman–Crippen MR) is 76.0 cm³/mol. The summed E-state index contributed by atoms with van der Waals surface area (Å²) < 4.78 is 0. The normalized spacial score (nSPS) is 14.6. The maximum atomic E-state index is 12.4. The predicted octanol–water partition coefficient (Wildman–Crippen LogP) is 3.11. The third-order valence-corrected chi connectivity index (χ3v) is 3.69. The molecule has 2 aromatic rings. The third kappa shape index (κ3) is 2.60. The summed E-state index contributed by atoms with van der Waals surface area (Å²) in [5.41, 5.74) is 0.557. The molecule has 1 aliphatic carbocycles. The zero-order valence-corrected chi connectivity index (χ0v) is 11.2. The summed E-state index contributed by atoms with van der Waals surface area (Å²) in [7, 11) is 0. The largest absolute Gasteiger partial charge is 0.337 e. The second-order valence-corrected chi connectivity index (χ2v) is 5.20. The van der Waals surface area contributed by atoms with Crippen molar-refractivity contribution in [3.63, 3.8) is 0 Å². The Labute approximate surface area is 113 Å². The van der Waals surface area contributed by atoms with Crippen LogP contribution in [-0.2, 0) is 0 Å². The molecular formula is C16H18N2O. The standard InChI is InChI=1S/C16H18N2O/c1-2-18(11-12-7-8-12)16(19)15-9-13-5-3-4-6-14(13)10-17-15/h3-6,9-10,12H,2,7-8,11H2,1H3. The molecular weight excluding hydrogens is 236 g/mol.